The van der Waals surface area contributed by atoms with Crippen LogP contribution in [0.5, 0.6) is 5.88 Å². The van der Waals surface area contributed by atoms with Crippen molar-refractivity contribution >= 4 is 5.91 Å². The van der Waals surface area contributed by atoms with Crippen LogP contribution >= 0.6 is 0 Å². The first-order valence-electron chi connectivity index (χ1n) is 10.7. The second-order valence-electron chi connectivity index (χ2n) is 8.12. The van der Waals surface area contributed by atoms with Gasteiger partial charge in [0.05, 0.1) is 30.7 Å². The molecule has 1 aliphatic heterocycles. The van der Waals surface area contributed by atoms with E-state index in [1.165, 1.54) is 4.90 Å². The first kappa shape index (κ1) is 24.6. The van der Waals surface area contributed by atoms with Crippen molar-refractivity contribution in [3.05, 3.63) is 83.0 Å². The number of benzene rings is 2. The Hall–Kier alpha value is -3.56. The van der Waals surface area contributed by atoms with Gasteiger partial charge in [-0.1, -0.05) is 30.3 Å². The lowest BCUT2D eigenvalue weighted by atomic mass is 9.99. The largest absolute Gasteiger partial charge is 0.477 e. The van der Waals surface area contributed by atoms with Crippen LogP contribution in [-0.4, -0.2) is 28.9 Å². The molecular formula is C25H20F6N2O2. The molecule has 0 saturated carbocycles. The van der Waals surface area contributed by atoms with Gasteiger partial charge in [-0.15, -0.1) is 0 Å². The van der Waals surface area contributed by atoms with Crippen LogP contribution in [0.3, 0.4) is 0 Å². The average Bonchev–Trinajstić information content (AvgIpc) is 2.78. The maximum atomic E-state index is 13.2. The van der Waals surface area contributed by atoms with Crippen molar-refractivity contribution < 1.29 is 35.9 Å². The summed E-state index contributed by atoms with van der Waals surface area (Å²) < 4.78 is 85.0. The lowest BCUT2D eigenvalue weighted by Crippen LogP contribution is -2.35. The van der Waals surface area contributed by atoms with E-state index in [2.05, 4.69) is 4.98 Å². The fourth-order valence-electron chi connectivity index (χ4n) is 3.95. The fraction of sp³-hybridized carbons (Fsp3) is 0.280. The van der Waals surface area contributed by atoms with Crippen molar-refractivity contribution in [2.45, 2.75) is 31.7 Å². The number of nitrogens with zero attached hydrogens (tertiary/aromatic N) is 2. The van der Waals surface area contributed by atoms with Gasteiger partial charge >= 0.3 is 12.4 Å². The van der Waals surface area contributed by atoms with Gasteiger partial charge in [0.25, 0.3) is 0 Å². The van der Waals surface area contributed by atoms with Gasteiger partial charge in [0.2, 0.25) is 11.8 Å². The molecule has 184 valence electrons. The SMILES string of the molecule is O=C(Cc1cc(C(F)(F)F)cc(C(F)(F)F)c1)N1CCCOc2nccc(-c3ccccc3)c2C1. The third kappa shape index (κ3) is 5.75. The zero-order valence-corrected chi connectivity index (χ0v) is 18.3. The molecule has 0 bridgehead atoms. The Balaban J connectivity index is 1.65. The monoisotopic (exact) mass is 494 g/mol. The minimum atomic E-state index is -4.98. The number of ether oxygens (including phenoxy) is 1. The number of aromatic nitrogens is 1. The van der Waals surface area contributed by atoms with Crippen molar-refractivity contribution in [3.63, 3.8) is 0 Å². The summed E-state index contributed by atoms with van der Waals surface area (Å²) in [7, 11) is 0. The summed E-state index contributed by atoms with van der Waals surface area (Å²) >= 11 is 0. The number of carbonyl (C=O) groups is 1. The van der Waals surface area contributed by atoms with E-state index in [1.54, 1.807) is 12.3 Å². The normalized spacial score (nSPS) is 14.5. The molecule has 35 heavy (non-hydrogen) atoms. The minimum absolute atomic E-state index is 0.0511. The van der Waals surface area contributed by atoms with Crippen molar-refractivity contribution in [1.29, 1.82) is 0 Å². The Labute approximate surface area is 197 Å². The first-order valence-corrected chi connectivity index (χ1v) is 10.7. The Morgan fingerprint density at radius 2 is 1.60 bits per heavy atom. The Morgan fingerprint density at radius 1 is 0.943 bits per heavy atom. The molecule has 0 aliphatic carbocycles. The summed E-state index contributed by atoms with van der Waals surface area (Å²) in [6, 6.07) is 12.3. The molecule has 2 aromatic carbocycles. The second-order valence-corrected chi connectivity index (χ2v) is 8.12. The Kier molecular flexibility index (Phi) is 6.73. The van der Waals surface area contributed by atoms with Crippen LogP contribution in [0.2, 0.25) is 0 Å². The summed E-state index contributed by atoms with van der Waals surface area (Å²) in [5.74, 6) is -0.254. The van der Waals surface area contributed by atoms with Crippen LogP contribution in [0, 0.1) is 0 Å². The highest BCUT2D eigenvalue weighted by atomic mass is 19.4. The number of fused-ring (bicyclic) bond motifs is 1. The standard InChI is InChI=1S/C25H20F6N2O2/c26-24(27,28)18-11-16(12-19(14-18)25(29,30)31)13-22(34)33-9-4-10-35-23-21(15-33)20(7-8-32-23)17-5-2-1-3-6-17/h1-3,5-8,11-12,14H,4,9-10,13,15H2. The number of pyridine rings is 1. The minimum Gasteiger partial charge on any atom is -0.477 e. The molecule has 10 heteroatoms. The van der Waals surface area contributed by atoms with E-state index in [4.69, 9.17) is 4.74 Å². The molecule has 0 atom stereocenters. The predicted octanol–water partition coefficient (Wildman–Crippen LogP) is 6.14. The molecule has 1 aliphatic rings. The zero-order valence-electron chi connectivity index (χ0n) is 18.3. The number of hydrogen-bond acceptors (Lipinski definition) is 3. The van der Waals surface area contributed by atoms with E-state index in [9.17, 15) is 31.1 Å². The molecule has 0 saturated heterocycles. The van der Waals surface area contributed by atoms with Crippen LogP contribution < -0.4 is 4.74 Å². The molecule has 1 aromatic heterocycles. The third-order valence-corrected chi connectivity index (χ3v) is 5.62. The van der Waals surface area contributed by atoms with Crippen LogP contribution in [0.15, 0.2) is 60.8 Å². The van der Waals surface area contributed by atoms with E-state index in [-0.39, 0.29) is 31.3 Å². The fourth-order valence-corrected chi connectivity index (χ4v) is 3.95. The van der Waals surface area contributed by atoms with Crippen LogP contribution in [-0.2, 0) is 30.1 Å². The van der Waals surface area contributed by atoms with E-state index in [0.717, 1.165) is 11.1 Å². The number of halogens is 6. The Morgan fingerprint density at radius 3 is 2.23 bits per heavy atom. The van der Waals surface area contributed by atoms with Crippen LogP contribution in [0.25, 0.3) is 11.1 Å². The third-order valence-electron chi connectivity index (χ3n) is 5.62. The second kappa shape index (κ2) is 9.59. The van der Waals surface area contributed by atoms with Gasteiger partial charge < -0.3 is 9.64 Å². The van der Waals surface area contributed by atoms with Crippen LogP contribution in [0.4, 0.5) is 26.3 Å². The molecule has 4 rings (SSSR count). The molecule has 0 radical (unpaired) electrons. The zero-order chi connectivity index (χ0) is 25.2. The maximum Gasteiger partial charge on any atom is 0.416 e. The summed E-state index contributed by atoms with van der Waals surface area (Å²) in [6.07, 6.45) is -8.56. The highest BCUT2D eigenvalue weighted by Crippen LogP contribution is 2.37. The molecule has 1 amide bonds. The molecule has 3 aromatic rings. The van der Waals surface area contributed by atoms with Gasteiger partial charge in [-0.3, -0.25) is 4.79 Å². The van der Waals surface area contributed by atoms with Gasteiger partial charge in [-0.05, 0) is 47.4 Å². The molecular weight excluding hydrogens is 474 g/mol. The first-order chi connectivity index (χ1) is 16.5. The van der Waals surface area contributed by atoms with E-state index in [1.807, 2.05) is 30.3 Å². The Bertz CT molecular complexity index is 1180. The molecule has 2 heterocycles. The predicted molar refractivity (Wildman–Crippen MR) is 115 cm³/mol. The lowest BCUT2D eigenvalue weighted by molar-refractivity contribution is -0.143. The van der Waals surface area contributed by atoms with E-state index < -0.39 is 35.8 Å². The van der Waals surface area contributed by atoms with E-state index in [0.29, 0.717) is 30.0 Å². The molecule has 0 spiro atoms. The lowest BCUT2D eigenvalue weighted by Gasteiger charge is -2.28. The number of carbonyl (C=O) groups excluding carboxylic acids is 1. The van der Waals surface area contributed by atoms with Crippen molar-refractivity contribution in [1.82, 2.24) is 9.88 Å². The number of hydrogen-bond donors (Lipinski definition) is 0. The maximum absolute atomic E-state index is 13.2. The van der Waals surface area contributed by atoms with Crippen molar-refractivity contribution in [2.75, 3.05) is 13.2 Å². The van der Waals surface area contributed by atoms with Gasteiger partial charge in [0.15, 0.2) is 0 Å². The van der Waals surface area contributed by atoms with E-state index >= 15 is 0 Å². The quantitative estimate of drug-likeness (QED) is 0.411. The molecule has 0 N–H and O–H groups in total. The number of amides is 1. The van der Waals surface area contributed by atoms with Gasteiger partial charge in [0.1, 0.15) is 0 Å². The summed E-state index contributed by atoms with van der Waals surface area (Å²) in [5.41, 5.74) is -1.00. The highest BCUT2D eigenvalue weighted by molar-refractivity contribution is 5.79. The number of alkyl halides is 6. The topological polar surface area (TPSA) is 42.4 Å². The number of rotatable bonds is 3. The summed E-state index contributed by atoms with van der Waals surface area (Å²) in [6.45, 7) is 0.535. The van der Waals surface area contributed by atoms with Crippen molar-refractivity contribution in [2.24, 2.45) is 0 Å². The molecule has 0 fully saturated rings. The van der Waals surface area contributed by atoms with Gasteiger partial charge in [-0.2, -0.15) is 26.3 Å². The molecule has 0 unspecified atom stereocenters. The summed E-state index contributed by atoms with van der Waals surface area (Å²) in [4.78, 5) is 18.8. The van der Waals surface area contributed by atoms with Crippen molar-refractivity contribution in [3.8, 4) is 17.0 Å². The summed E-state index contributed by atoms with van der Waals surface area (Å²) in [5, 5.41) is 0. The molecule has 4 nitrogen and oxygen atoms in total. The van der Waals surface area contributed by atoms with Gasteiger partial charge in [-0.25, -0.2) is 4.98 Å². The smallest absolute Gasteiger partial charge is 0.416 e. The highest BCUT2D eigenvalue weighted by Gasteiger charge is 2.37. The van der Waals surface area contributed by atoms with Gasteiger partial charge in [0, 0.05) is 18.3 Å². The van der Waals surface area contributed by atoms with Crippen LogP contribution in [0.1, 0.15) is 28.7 Å². The average molecular weight is 494 g/mol.